The van der Waals surface area contributed by atoms with Crippen LogP contribution in [0.15, 0.2) is 24.3 Å². The van der Waals surface area contributed by atoms with Gasteiger partial charge in [-0.15, -0.1) is 0 Å². The lowest BCUT2D eigenvalue weighted by Gasteiger charge is -2.16. The second-order valence-electron chi connectivity index (χ2n) is 6.43. The predicted molar refractivity (Wildman–Crippen MR) is 89.2 cm³/mol. The van der Waals surface area contributed by atoms with Gasteiger partial charge in [-0.25, -0.2) is 0 Å². The molecule has 1 saturated heterocycles. The van der Waals surface area contributed by atoms with E-state index in [1.807, 2.05) is 18.2 Å². The highest BCUT2D eigenvalue weighted by Gasteiger charge is 2.17. The van der Waals surface area contributed by atoms with E-state index in [1.54, 1.807) is 6.92 Å². The molecule has 0 radical (unpaired) electrons. The van der Waals surface area contributed by atoms with Gasteiger partial charge in [-0.3, -0.25) is 4.79 Å². The van der Waals surface area contributed by atoms with Crippen LogP contribution in [0.2, 0.25) is 0 Å². The van der Waals surface area contributed by atoms with Crippen LogP contribution < -0.4 is 15.4 Å². The summed E-state index contributed by atoms with van der Waals surface area (Å²) >= 11 is 0. The Morgan fingerprint density at radius 2 is 2.23 bits per heavy atom. The third kappa shape index (κ3) is 5.02. The second kappa shape index (κ2) is 8.18. The van der Waals surface area contributed by atoms with Gasteiger partial charge in [0.1, 0.15) is 5.75 Å². The standard InChI is InChI=1S/C18H28N2O2/c1-13(2)16-5-4-6-17(11-16)22-14(3)18(21)20-10-8-15-7-9-19-12-15/h4-6,11,13-15,19H,7-10,12H2,1-3H3,(H,20,21). The van der Waals surface area contributed by atoms with Gasteiger partial charge >= 0.3 is 0 Å². The zero-order chi connectivity index (χ0) is 15.9. The molecule has 122 valence electrons. The molecular weight excluding hydrogens is 276 g/mol. The van der Waals surface area contributed by atoms with Crippen LogP contribution >= 0.6 is 0 Å². The van der Waals surface area contributed by atoms with E-state index in [1.165, 1.54) is 12.0 Å². The highest BCUT2D eigenvalue weighted by molar-refractivity contribution is 5.80. The van der Waals surface area contributed by atoms with E-state index in [9.17, 15) is 4.79 Å². The van der Waals surface area contributed by atoms with Crippen molar-refractivity contribution >= 4 is 5.91 Å². The number of benzene rings is 1. The number of carbonyl (C=O) groups excluding carboxylic acids is 1. The Kier molecular flexibility index (Phi) is 6.25. The van der Waals surface area contributed by atoms with E-state index in [2.05, 4.69) is 30.5 Å². The predicted octanol–water partition coefficient (Wildman–Crippen LogP) is 2.69. The molecule has 22 heavy (non-hydrogen) atoms. The van der Waals surface area contributed by atoms with Crippen molar-refractivity contribution in [3.63, 3.8) is 0 Å². The number of nitrogens with one attached hydrogen (secondary N) is 2. The number of amides is 1. The number of hydrogen-bond donors (Lipinski definition) is 2. The van der Waals surface area contributed by atoms with Crippen LogP contribution in [0.25, 0.3) is 0 Å². The van der Waals surface area contributed by atoms with E-state index in [0.717, 1.165) is 31.8 Å². The molecule has 1 aromatic rings. The largest absolute Gasteiger partial charge is 0.481 e. The monoisotopic (exact) mass is 304 g/mol. The van der Waals surface area contributed by atoms with E-state index >= 15 is 0 Å². The maximum absolute atomic E-state index is 12.1. The van der Waals surface area contributed by atoms with Crippen LogP contribution in [-0.2, 0) is 4.79 Å². The third-order valence-electron chi connectivity index (χ3n) is 4.22. The Hall–Kier alpha value is -1.55. The minimum atomic E-state index is -0.468. The summed E-state index contributed by atoms with van der Waals surface area (Å²) < 4.78 is 5.77. The minimum Gasteiger partial charge on any atom is -0.481 e. The van der Waals surface area contributed by atoms with E-state index in [4.69, 9.17) is 4.74 Å². The fourth-order valence-electron chi connectivity index (χ4n) is 2.71. The molecule has 4 heteroatoms. The SMILES string of the molecule is CC(Oc1cccc(C(C)C)c1)C(=O)NCCC1CCNC1. The van der Waals surface area contributed by atoms with Crippen molar-refractivity contribution in [2.75, 3.05) is 19.6 Å². The molecule has 2 unspecified atom stereocenters. The lowest BCUT2D eigenvalue weighted by molar-refractivity contribution is -0.127. The fourth-order valence-corrected chi connectivity index (χ4v) is 2.71. The summed E-state index contributed by atoms with van der Waals surface area (Å²) in [7, 11) is 0. The van der Waals surface area contributed by atoms with Crippen LogP contribution in [0.4, 0.5) is 0 Å². The van der Waals surface area contributed by atoms with Gasteiger partial charge in [0.2, 0.25) is 0 Å². The van der Waals surface area contributed by atoms with Crippen molar-refractivity contribution in [1.82, 2.24) is 10.6 Å². The van der Waals surface area contributed by atoms with E-state index in [0.29, 0.717) is 11.8 Å². The molecule has 1 fully saturated rings. The highest BCUT2D eigenvalue weighted by Crippen LogP contribution is 2.21. The Morgan fingerprint density at radius 1 is 1.41 bits per heavy atom. The lowest BCUT2D eigenvalue weighted by atomic mass is 10.0. The molecule has 0 bridgehead atoms. The molecule has 2 N–H and O–H groups in total. The normalized spacial score (nSPS) is 19.2. The summed E-state index contributed by atoms with van der Waals surface area (Å²) in [5.41, 5.74) is 1.22. The molecule has 1 aliphatic heterocycles. The first-order chi connectivity index (χ1) is 10.6. The number of carbonyl (C=O) groups is 1. The van der Waals surface area contributed by atoms with Crippen LogP contribution in [0, 0.1) is 5.92 Å². The summed E-state index contributed by atoms with van der Waals surface area (Å²) in [6.07, 6.45) is 1.78. The number of ether oxygens (including phenoxy) is 1. The topological polar surface area (TPSA) is 50.4 Å². The Bertz CT molecular complexity index is 482. The summed E-state index contributed by atoms with van der Waals surface area (Å²) in [5.74, 6) is 1.86. The molecule has 0 aliphatic carbocycles. The van der Waals surface area contributed by atoms with Crippen molar-refractivity contribution in [3.8, 4) is 5.75 Å². The average Bonchev–Trinajstić information content (AvgIpc) is 3.00. The molecular formula is C18H28N2O2. The summed E-state index contributed by atoms with van der Waals surface area (Å²) in [6, 6.07) is 7.97. The number of rotatable bonds is 7. The first kappa shape index (κ1) is 16.8. The van der Waals surface area contributed by atoms with Gasteiger partial charge in [0, 0.05) is 6.54 Å². The maximum atomic E-state index is 12.1. The van der Waals surface area contributed by atoms with E-state index < -0.39 is 6.10 Å². The highest BCUT2D eigenvalue weighted by atomic mass is 16.5. The van der Waals surface area contributed by atoms with Gasteiger partial charge < -0.3 is 15.4 Å². The quantitative estimate of drug-likeness (QED) is 0.814. The van der Waals surface area contributed by atoms with Crippen LogP contribution in [0.5, 0.6) is 5.75 Å². The van der Waals surface area contributed by atoms with Crippen LogP contribution in [0.3, 0.4) is 0 Å². The van der Waals surface area contributed by atoms with Crippen molar-refractivity contribution in [3.05, 3.63) is 29.8 Å². The van der Waals surface area contributed by atoms with Gasteiger partial charge in [-0.1, -0.05) is 26.0 Å². The molecule has 0 saturated carbocycles. The average molecular weight is 304 g/mol. The van der Waals surface area contributed by atoms with Crippen LogP contribution in [-0.4, -0.2) is 31.6 Å². The Morgan fingerprint density at radius 3 is 2.91 bits per heavy atom. The van der Waals surface area contributed by atoms with Crippen molar-refractivity contribution in [2.24, 2.45) is 5.92 Å². The summed E-state index contributed by atoms with van der Waals surface area (Å²) in [5, 5.41) is 6.32. The molecule has 0 aromatic heterocycles. The molecule has 1 aromatic carbocycles. The summed E-state index contributed by atoms with van der Waals surface area (Å²) in [6.45, 7) is 8.99. The molecule has 1 amide bonds. The van der Waals surface area contributed by atoms with Crippen molar-refractivity contribution in [1.29, 1.82) is 0 Å². The van der Waals surface area contributed by atoms with E-state index in [-0.39, 0.29) is 5.91 Å². The third-order valence-corrected chi connectivity index (χ3v) is 4.22. The molecule has 0 spiro atoms. The Labute approximate surface area is 133 Å². The van der Waals surface area contributed by atoms with Gasteiger partial charge in [0.15, 0.2) is 6.10 Å². The van der Waals surface area contributed by atoms with Gasteiger partial charge in [-0.2, -0.15) is 0 Å². The first-order valence-electron chi connectivity index (χ1n) is 8.31. The lowest BCUT2D eigenvalue weighted by Crippen LogP contribution is -2.37. The number of hydrogen-bond acceptors (Lipinski definition) is 3. The Balaban J connectivity index is 1.76. The summed E-state index contributed by atoms with van der Waals surface area (Å²) in [4.78, 5) is 12.1. The molecule has 4 nitrogen and oxygen atoms in total. The van der Waals surface area contributed by atoms with Gasteiger partial charge in [-0.05, 0) is 62.4 Å². The smallest absolute Gasteiger partial charge is 0.260 e. The molecule has 2 rings (SSSR count). The molecule has 1 heterocycles. The second-order valence-corrected chi connectivity index (χ2v) is 6.43. The molecule has 1 aliphatic rings. The minimum absolute atomic E-state index is 0.0408. The van der Waals surface area contributed by atoms with Gasteiger partial charge in [0.05, 0.1) is 0 Å². The van der Waals surface area contributed by atoms with Crippen LogP contribution in [0.1, 0.15) is 45.1 Å². The zero-order valence-electron chi connectivity index (χ0n) is 13.9. The van der Waals surface area contributed by atoms with Crippen molar-refractivity contribution in [2.45, 2.75) is 45.6 Å². The first-order valence-corrected chi connectivity index (χ1v) is 8.31. The maximum Gasteiger partial charge on any atom is 0.260 e. The van der Waals surface area contributed by atoms with Crippen molar-refractivity contribution < 1.29 is 9.53 Å². The molecule has 2 atom stereocenters. The fraction of sp³-hybridized carbons (Fsp3) is 0.611. The zero-order valence-corrected chi connectivity index (χ0v) is 13.9. The van der Waals surface area contributed by atoms with Gasteiger partial charge in [0.25, 0.3) is 5.91 Å².